The highest BCUT2D eigenvalue weighted by Gasteiger charge is 2.30. The van der Waals surface area contributed by atoms with Gasteiger partial charge in [-0.15, -0.1) is 0 Å². The Bertz CT molecular complexity index is 826. The van der Waals surface area contributed by atoms with Crippen molar-refractivity contribution < 1.29 is 9.59 Å². The second-order valence-corrected chi connectivity index (χ2v) is 8.76. The normalized spacial score (nSPS) is 15.3. The monoisotopic (exact) mass is 420 g/mol. The van der Waals surface area contributed by atoms with Crippen molar-refractivity contribution in [2.24, 2.45) is 0 Å². The summed E-state index contributed by atoms with van der Waals surface area (Å²) >= 11 is 0. The van der Waals surface area contributed by atoms with E-state index in [4.69, 9.17) is 0 Å². The Labute approximate surface area is 187 Å². The van der Waals surface area contributed by atoms with E-state index in [1.165, 1.54) is 24.8 Å². The molecule has 1 aliphatic rings. The Morgan fingerprint density at radius 2 is 1.65 bits per heavy atom. The number of carbonyl (C=O) groups excluding carboxylic acids is 2. The molecule has 4 heteroatoms. The molecule has 0 aliphatic heterocycles. The van der Waals surface area contributed by atoms with Crippen LogP contribution >= 0.6 is 0 Å². The number of nitrogens with zero attached hydrogens (tertiary/aromatic N) is 1. The van der Waals surface area contributed by atoms with E-state index in [9.17, 15) is 9.59 Å². The molecular weight excluding hydrogens is 384 g/mol. The average molecular weight is 421 g/mol. The van der Waals surface area contributed by atoms with Gasteiger partial charge in [0.25, 0.3) is 0 Å². The van der Waals surface area contributed by atoms with E-state index in [0.29, 0.717) is 25.8 Å². The van der Waals surface area contributed by atoms with Gasteiger partial charge in [0, 0.05) is 19.0 Å². The molecule has 2 aromatic carbocycles. The van der Waals surface area contributed by atoms with E-state index in [2.05, 4.69) is 36.5 Å². The van der Waals surface area contributed by atoms with Crippen LogP contribution in [0.15, 0.2) is 54.6 Å². The lowest BCUT2D eigenvalue weighted by molar-refractivity contribution is -0.141. The van der Waals surface area contributed by atoms with E-state index in [-0.39, 0.29) is 17.9 Å². The number of hydrogen-bond donors (Lipinski definition) is 1. The van der Waals surface area contributed by atoms with Gasteiger partial charge in [0.15, 0.2) is 0 Å². The van der Waals surface area contributed by atoms with E-state index in [1.807, 2.05) is 37.3 Å². The Morgan fingerprint density at radius 1 is 0.968 bits per heavy atom. The van der Waals surface area contributed by atoms with Crippen molar-refractivity contribution in [3.63, 3.8) is 0 Å². The molecule has 3 rings (SSSR count). The number of aryl methyl sites for hydroxylation is 2. The molecule has 0 saturated heterocycles. The van der Waals surface area contributed by atoms with Crippen molar-refractivity contribution in [2.45, 2.75) is 83.8 Å². The first kappa shape index (κ1) is 23.1. The highest BCUT2D eigenvalue weighted by atomic mass is 16.2. The van der Waals surface area contributed by atoms with Crippen LogP contribution in [-0.4, -0.2) is 28.8 Å². The number of benzene rings is 2. The highest BCUT2D eigenvalue weighted by Crippen LogP contribution is 2.19. The van der Waals surface area contributed by atoms with Gasteiger partial charge in [0.1, 0.15) is 6.04 Å². The third-order valence-corrected chi connectivity index (χ3v) is 6.28. The van der Waals surface area contributed by atoms with Crippen LogP contribution in [0.3, 0.4) is 0 Å². The van der Waals surface area contributed by atoms with Crippen LogP contribution in [0.5, 0.6) is 0 Å². The Hall–Kier alpha value is -2.62. The second kappa shape index (κ2) is 11.7. The molecular formula is C27H36N2O2. The summed E-state index contributed by atoms with van der Waals surface area (Å²) in [6.07, 6.45) is 7.39. The lowest BCUT2D eigenvalue weighted by Gasteiger charge is -2.33. The summed E-state index contributed by atoms with van der Waals surface area (Å²) in [5.74, 6) is 0.0316. The summed E-state index contributed by atoms with van der Waals surface area (Å²) in [5.41, 5.74) is 3.42. The summed E-state index contributed by atoms with van der Waals surface area (Å²) in [4.78, 5) is 28.3. The van der Waals surface area contributed by atoms with Gasteiger partial charge in [-0.3, -0.25) is 9.59 Å². The maximum Gasteiger partial charge on any atom is 0.243 e. The molecule has 0 radical (unpaired) electrons. The second-order valence-electron chi connectivity index (χ2n) is 8.76. The van der Waals surface area contributed by atoms with Crippen LogP contribution < -0.4 is 5.32 Å². The number of amides is 2. The van der Waals surface area contributed by atoms with Crippen LogP contribution in [0.25, 0.3) is 0 Å². The molecule has 166 valence electrons. The van der Waals surface area contributed by atoms with Crippen LogP contribution in [0, 0.1) is 6.92 Å². The molecule has 4 nitrogen and oxygen atoms in total. The Kier molecular flexibility index (Phi) is 8.69. The zero-order valence-corrected chi connectivity index (χ0v) is 19.0. The molecule has 0 heterocycles. The fraction of sp³-hybridized carbons (Fsp3) is 0.481. The highest BCUT2D eigenvalue weighted by molar-refractivity contribution is 5.88. The van der Waals surface area contributed by atoms with Crippen LogP contribution in [-0.2, 0) is 22.6 Å². The Morgan fingerprint density at radius 3 is 2.29 bits per heavy atom. The molecule has 31 heavy (non-hydrogen) atoms. The summed E-state index contributed by atoms with van der Waals surface area (Å²) < 4.78 is 0. The molecule has 2 amide bonds. The molecule has 1 saturated carbocycles. The first-order valence-electron chi connectivity index (χ1n) is 11.8. The van der Waals surface area contributed by atoms with E-state index < -0.39 is 6.04 Å². The fourth-order valence-electron chi connectivity index (χ4n) is 4.39. The number of carbonyl (C=O) groups is 2. The maximum absolute atomic E-state index is 13.3. The number of rotatable bonds is 9. The minimum absolute atomic E-state index is 0.00554. The van der Waals surface area contributed by atoms with Crippen molar-refractivity contribution >= 4 is 11.8 Å². The summed E-state index contributed by atoms with van der Waals surface area (Å²) in [7, 11) is 0. The smallest absolute Gasteiger partial charge is 0.243 e. The zero-order chi connectivity index (χ0) is 22.1. The molecule has 1 fully saturated rings. The van der Waals surface area contributed by atoms with Crippen LogP contribution in [0.2, 0.25) is 0 Å². The fourth-order valence-corrected chi connectivity index (χ4v) is 4.39. The molecule has 0 aromatic heterocycles. The van der Waals surface area contributed by atoms with Crippen molar-refractivity contribution in [2.75, 3.05) is 0 Å². The first-order valence-corrected chi connectivity index (χ1v) is 11.8. The van der Waals surface area contributed by atoms with E-state index in [0.717, 1.165) is 24.0 Å². The lowest BCUT2D eigenvalue weighted by Crippen LogP contribution is -2.51. The quantitative estimate of drug-likeness (QED) is 0.607. The van der Waals surface area contributed by atoms with Crippen LogP contribution in [0.4, 0.5) is 0 Å². The topological polar surface area (TPSA) is 49.4 Å². The van der Waals surface area contributed by atoms with Gasteiger partial charge < -0.3 is 10.2 Å². The molecule has 2 aromatic rings. The van der Waals surface area contributed by atoms with Gasteiger partial charge in [-0.2, -0.15) is 0 Å². The molecule has 0 bridgehead atoms. The lowest BCUT2D eigenvalue weighted by atomic mass is 9.95. The summed E-state index contributed by atoms with van der Waals surface area (Å²) in [5, 5.41) is 3.24. The zero-order valence-electron chi connectivity index (χ0n) is 19.0. The molecule has 1 N–H and O–H groups in total. The van der Waals surface area contributed by atoms with Gasteiger partial charge in [0.2, 0.25) is 11.8 Å². The molecule has 0 spiro atoms. The van der Waals surface area contributed by atoms with Crippen molar-refractivity contribution in [1.82, 2.24) is 10.2 Å². The predicted octanol–water partition coefficient (Wildman–Crippen LogP) is 5.18. The largest absolute Gasteiger partial charge is 0.352 e. The minimum Gasteiger partial charge on any atom is -0.352 e. The number of hydrogen-bond acceptors (Lipinski definition) is 2. The summed E-state index contributed by atoms with van der Waals surface area (Å²) in [6.45, 7) is 4.52. The first-order chi connectivity index (χ1) is 15.1. The van der Waals surface area contributed by atoms with Gasteiger partial charge in [0.05, 0.1) is 0 Å². The molecule has 1 aliphatic carbocycles. The van der Waals surface area contributed by atoms with Crippen LogP contribution in [0.1, 0.15) is 68.6 Å². The van der Waals surface area contributed by atoms with Crippen molar-refractivity contribution in [1.29, 1.82) is 0 Å². The standard InChI is InChI=1S/C27H36N2O2/c1-3-25(27(31)28-24-12-8-5-9-13-24)29(20-23-10-6-4-7-11-23)26(30)19-18-22-16-14-21(2)15-17-22/h4,6-7,10-11,14-17,24-25H,3,5,8-9,12-13,18-20H2,1-2H3,(H,28,31). The minimum atomic E-state index is -0.437. The molecule has 1 unspecified atom stereocenters. The maximum atomic E-state index is 13.3. The van der Waals surface area contributed by atoms with Crippen molar-refractivity contribution in [3.05, 3.63) is 71.3 Å². The number of nitrogens with one attached hydrogen (secondary N) is 1. The van der Waals surface area contributed by atoms with E-state index >= 15 is 0 Å². The van der Waals surface area contributed by atoms with Gasteiger partial charge in [-0.1, -0.05) is 86.3 Å². The average Bonchev–Trinajstić information content (AvgIpc) is 2.79. The van der Waals surface area contributed by atoms with Gasteiger partial charge in [-0.25, -0.2) is 0 Å². The SMILES string of the molecule is CCC(C(=O)NC1CCCCC1)N(Cc1ccccc1)C(=O)CCc1ccc(C)cc1. The third kappa shape index (κ3) is 6.95. The van der Waals surface area contributed by atoms with Gasteiger partial charge in [-0.05, 0) is 43.7 Å². The Balaban J connectivity index is 1.72. The van der Waals surface area contributed by atoms with Gasteiger partial charge >= 0.3 is 0 Å². The molecule has 1 atom stereocenters. The van der Waals surface area contributed by atoms with E-state index in [1.54, 1.807) is 4.90 Å². The summed E-state index contributed by atoms with van der Waals surface area (Å²) in [6, 6.07) is 18.1. The predicted molar refractivity (Wildman–Crippen MR) is 126 cm³/mol. The third-order valence-electron chi connectivity index (χ3n) is 6.28. The van der Waals surface area contributed by atoms with Crippen molar-refractivity contribution in [3.8, 4) is 0 Å².